The lowest BCUT2D eigenvalue weighted by Gasteiger charge is -2.30. The summed E-state index contributed by atoms with van der Waals surface area (Å²) in [7, 11) is -3.78. The summed E-state index contributed by atoms with van der Waals surface area (Å²) in [5.74, 6) is 0. The molecule has 0 radical (unpaired) electrons. The Balaban J connectivity index is 2.84. The van der Waals surface area contributed by atoms with Crippen LogP contribution in [0.2, 0.25) is 0 Å². The molecule has 0 aromatic heterocycles. The Kier molecular flexibility index (Phi) is 7.12. The van der Waals surface area contributed by atoms with E-state index in [0.717, 1.165) is 6.07 Å². The van der Waals surface area contributed by atoms with Crippen LogP contribution in [0.5, 0.6) is 0 Å². The SMILES string of the molecule is CC(C)N(CCNS(=O)(=O)c1ccc(Br)c([N+](=O)[O-])c1)C(C)C. The molecule has 0 aliphatic rings. The van der Waals surface area contributed by atoms with E-state index in [4.69, 9.17) is 0 Å². The zero-order chi connectivity index (χ0) is 17.8. The van der Waals surface area contributed by atoms with Crippen LogP contribution >= 0.6 is 15.9 Å². The van der Waals surface area contributed by atoms with Crippen LogP contribution in [0.15, 0.2) is 27.6 Å². The van der Waals surface area contributed by atoms with Gasteiger partial charge in [0.1, 0.15) is 0 Å². The molecule has 0 aliphatic carbocycles. The van der Waals surface area contributed by atoms with Crippen molar-refractivity contribution in [3.8, 4) is 0 Å². The van der Waals surface area contributed by atoms with E-state index >= 15 is 0 Å². The molecule has 0 fully saturated rings. The van der Waals surface area contributed by atoms with Crippen molar-refractivity contribution >= 4 is 31.6 Å². The van der Waals surface area contributed by atoms with Crippen LogP contribution in [0.25, 0.3) is 0 Å². The smallest absolute Gasteiger partial charge is 0.284 e. The molecule has 1 aromatic rings. The van der Waals surface area contributed by atoms with E-state index in [9.17, 15) is 18.5 Å². The van der Waals surface area contributed by atoms with Crippen molar-refractivity contribution < 1.29 is 13.3 Å². The number of sulfonamides is 1. The Morgan fingerprint density at radius 1 is 1.26 bits per heavy atom. The first kappa shape index (κ1) is 20.0. The summed E-state index contributed by atoms with van der Waals surface area (Å²) in [5, 5.41) is 10.9. The topological polar surface area (TPSA) is 92.6 Å². The molecule has 0 saturated carbocycles. The Bertz CT molecular complexity index is 654. The highest BCUT2D eigenvalue weighted by Gasteiger charge is 2.21. The largest absolute Gasteiger partial charge is 0.297 e. The van der Waals surface area contributed by atoms with Crippen molar-refractivity contribution in [2.24, 2.45) is 0 Å². The predicted octanol–water partition coefficient (Wildman–Crippen LogP) is 2.75. The number of nitrogens with zero attached hydrogens (tertiary/aromatic N) is 2. The number of nitro benzene ring substituents is 1. The lowest BCUT2D eigenvalue weighted by atomic mass is 10.2. The number of benzene rings is 1. The molecule has 1 N–H and O–H groups in total. The van der Waals surface area contributed by atoms with Gasteiger partial charge in [-0.05, 0) is 55.8 Å². The molecular formula is C14H22BrN3O4S. The number of nitro groups is 1. The number of nitrogens with one attached hydrogen (secondary N) is 1. The minimum absolute atomic E-state index is 0.118. The van der Waals surface area contributed by atoms with Gasteiger partial charge in [0, 0.05) is 31.2 Å². The first-order chi connectivity index (χ1) is 10.6. The first-order valence-corrected chi connectivity index (χ1v) is 9.53. The summed E-state index contributed by atoms with van der Waals surface area (Å²) >= 11 is 3.04. The maximum absolute atomic E-state index is 12.3. The van der Waals surface area contributed by atoms with Crippen LogP contribution in [-0.4, -0.2) is 43.4 Å². The highest BCUT2D eigenvalue weighted by atomic mass is 79.9. The summed E-state index contributed by atoms with van der Waals surface area (Å²) in [6.45, 7) is 8.99. The van der Waals surface area contributed by atoms with E-state index in [1.54, 1.807) is 0 Å². The van der Waals surface area contributed by atoms with E-state index in [2.05, 4.69) is 25.6 Å². The minimum atomic E-state index is -3.78. The molecule has 0 spiro atoms. The molecule has 0 heterocycles. The van der Waals surface area contributed by atoms with Crippen molar-refractivity contribution in [2.45, 2.75) is 44.7 Å². The fourth-order valence-electron chi connectivity index (χ4n) is 2.30. The summed E-state index contributed by atoms with van der Waals surface area (Å²) in [4.78, 5) is 12.3. The van der Waals surface area contributed by atoms with Crippen LogP contribution in [0.1, 0.15) is 27.7 Å². The molecule has 0 unspecified atom stereocenters. The van der Waals surface area contributed by atoms with Gasteiger partial charge in [-0.25, -0.2) is 13.1 Å². The second-order valence-corrected chi connectivity index (χ2v) is 8.31. The number of halogens is 1. The summed E-state index contributed by atoms with van der Waals surface area (Å²) in [5.41, 5.74) is -0.279. The van der Waals surface area contributed by atoms with E-state index in [0.29, 0.717) is 18.6 Å². The third-order valence-corrected chi connectivity index (χ3v) is 5.54. The van der Waals surface area contributed by atoms with Crippen molar-refractivity contribution in [3.05, 3.63) is 32.8 Å². The summed E-state index contributed by atoms with van der Waals surface area (Å²) in [6.07, 6.45) is 0. The van der Waals surface area contributed by atoms with Crippen molar-refractivity contribution in [1.82, 2.24) is 9.62 Å². The van der Waals surface area contributed by atoms with E-state index < -0.39 is 14.9 Å². The van der Waals surface area contributed by atoms with Gasteiger partial charge in [0.15, 0.2) is 0 Å². The van der Waals surface area contributed by atoms with Crippen LogP contribution in [-0.2, 0) is 10.0 Å². The van der Waals surface area contributed by atoms with Gasteiger partial charge in [-0.1, -0.05) is 0 Å². The van der Waals surface area contributed by atoms with Gasteiger partial charge in [0.25, 0.3) is 5.69 Å². The van der Waals surface area contributed by atoms with Crippen LogP contribution in [0, 0.1) is 10.1 Å². The molecule has 23 heavy (non-hydrogen) atoms. The van der Waals surface area contributed by atoms with Crippen LogP contribution < -0.4 is 4.72 Å². The quantitative estimate of drug-likeness (QED) is 0.528. The molecule has 9 heteroatoms. The van der Waals surface area contributed by atoms with E-state index in [1.807, 2.05) is 27.7 Å². The summed E-state index contributed by atoms with van der Waals surface area (Å²) < 4.78 is 27.3. The lowest BCUT2D eigenvalue weighted by molar-refractivity contribution is -0.385. The molecule has 130 valence electrons. The highest BCUT2D eigenvalue weighted by Crippen LogP contribution is 2.27. The van der Waals surface area contributed by atoms with E-state index in [1.165, 1.54) is 12.1 Å². The lowest BCUT2D eigenvalue weighted by Crippen LogP contribution is -2.42. The van der Waals surface area contributed by atoms with Crippen molar-refractivity contribution in [2.75, 3.05) is 13.1 Å². The Morgan fingerprint density at radius 3 is 2.30 bits per heavy atom. The standard InChI is InChI=1S/C14H22BrN3O4S/c1-10(2)17(11(3)4)8-7-16-23(21,22)12-5-6-13(15)14(9-12)18(19)20/h5-6,9-11,16H,7-8H2,1-4H3. The molecule has 0 bridgehead atoms. The molecule has 1 rings (SSSR count). The molecular weight excluding hydrogens is 386 g/mol. The third-order valence-electron chi connectivity index (χ3n) is 3.41. The normalized spacial score (nSPS) is 12.3. The van der Waals surface area contributed by atoms with Gasteiger partial charge in [-0.15, -0.1) is 0 Å². The van der Waals surface area contributed by atoms with Gasteiger partial charge >= 0.3 is 0 Å². The maximum atomic E-state index is 12.3. The van der Waals surface area contributed by atoms with Crippen LogP contribution in [0.3, 0.4) is 0 Å². The van der Waals surface area contributed by atoms with Gasteiger partial charge in [-0.3, -0.25) is 15.0 Å². The Labute approximate surface area is 145 Å². The van der Waals surface area contributed by atoms with Gasteiger partial charge in [-0.2, -0.15) is 0 Å². The average molecular weight is 408 g/mol. The highest BCUT2D eigenvalue weighted by molar-refractivity contribution is 9.10. The molecule has 0 atom stereocenters. The first-order valence-electron chi connectivity index (χ1n) is 7.25. The van der Waals surface area contributed by atoms with Gasteiger partial charge in [0.2, 0.25) is 10.0 Å². The van der Waals surface area contributed by atoms with E-state index in [-0.39, 0.29) is 21.6 Å². The molecule has 0 aliphatic heterocycles. The molecule has 1 aromatic carbocycles. The maximum Gasteiger partial charge on any atom is 0.284 e. The predicted molar refractivity (Wildman–Crippen MR) is 93.0 cm³/mol. The number of hydrogen-bond donors (Lipinski definition) is 1. The Hall–Kier alpha value is -1.03. The monoisotopic (exact) mass is 407 g/mol. The minimum Gasteiger partial charge on any atom is -0.297 e. The zero-order valence-corrected chi connectivity index (χ0v) is 16.0. The van der Waals surface area contributed by atoms with Crippen LogP contribution in [0.4, 0.5) is 5.69 Å². The Morgan fingerprint density at radius 2 is 1.83 bits per heavy atom. The zero-order valence-electron chi connectivity index (χ0n) is 13.6. The van der Waals surface area contributed by atoms with Gasteiger partial charge in [0.05, 0.1) is 14.3 Å². The van der Waals surface area contributed by atoms with Crippen molar-refractivity contribution in [3.63, 3.8) is 0 Å². The average Bonchev–Trinajstić information content (AvgIpc) is 2.42. The molecule has 7 nitrogen and oxygen atoms in total. The fraction of sp³-hybridized carbons (Fsp3) is 0.571. The molecule has 0 amide bonds. The van der Waals surface area contributed by atoms with Crippen molar-refractivity contribution in [1.29, 1.82) is 0 Å². The second kappa shape index (κ2) is 8.18. The molecule has 0 saturated heterocycles. The second-order valence-electron chi connectivity index (χ2n) is 5.69. The summed E-state index contributed by atoms with van der Waals surface area (Å²) in [6, 6.07) is 4.35. The fourth-order valence-corrected chi connectivity index (χ4v) is 3.74. The number of rotatable bonds is 8. The van der Waals surface area contributed by atoms with Gasteiger partial charge < -0.3 is 0 Å². The number of hydrogen-bond acceptors (Lipinski definition) is 5. The third kappa shape index (κ3) is 5.52.